The first-order valence-electron chi connectivity index (χ1n) is 8.78. The van der Waals surface area contributed by atoms with Crippen molar-refractivity contribution in [1.29, 1.82) is 0 Å². The Labute approximate surface area is 137 Å². The molecule has 0 fully saturated rings. The average molecular weight is 349 g/mol. The van der Waals surface area contributed by atoms with E-state index < -0.39 is 25.4 Å². The molecule has 0 saturated heterocycles. The Bertz CT molecular complexity index is 306. The van der Waals surface area contributed by atoms with Crippen molar-refractivity contribution < 1.29 is 8.85 Å². The number of hydrogen-bond acceptors (Lipinski definition) is 2. The van der Waals surface area contributed by atoms with E-state index in [1.807, 2.05) is 0 Å². The van der Waals surface area contributed by atoms with Crippen LogP contribution in [0.1, 0.15) is 47.0 Å². The van der Waals surface area contributed by atoms with Crippen LogP contribution in [-0.4, -0.2) is 36.4 Å². The van der Waals surface area contributed by atoms with Crippen molar-refractivity contribution in [3.8, 4) is 0 Å². The Balaban J connectivity index is 4.83. The molecule has 0 spiro atoms. The van der Waals surface area contributed by atoms with E-state index in [-0.39, 0.29) is 11.0 Å². The highest BCUT2D eigenvalue weighted by Crippen LogP contribution is 2.29. The maximum absolute atomic E-state index is 6.75. The summed E-state index contributed by atoms with van der Waals surface area (Å²) in [5, 5.41) is 0.114. The number of rotatable bonds is 10. The second-order valence-electron chi connectivity index (χ2n) is 8.15. The van der Waals surface area contributed by atoms with E-state index >= 15 is 0 Å². The zero-order chi connectivity index (χ0) is 16.9. The molecule has 128 valence electrons. The fourth-order valence-electron chi connectivity index (χ4n) is 2.56. The van der Waals surface area contributed by atoms with Crippen LogP contribution in [0.3, 0.4) is 0 Å². The summed E-state index contributed by atoms with van der Waals surface area (Å²) >= 11 is 0. The summed E-state index contributed by atoms with van der Waals surface area (Å²) in [6, 6.07) is 1.27. The van der Waals surface area contributed by atoms with Crippen LogP contribution in [0.2, 0.25) is 45.3 Å². The maximum atomic E-state index is 6.75. The van der Waals surface area contributed by atoms with Crippen LogP contribution in [0.4, 0.5) is 0 Å². The van der Waals surface area contributed by atoms with Gasteiger partial charge in [-0.15, -0.1) is 0 Å². The molecule has 0 aromatic heterocycles. The lowest BCUT2D eigenvalue weighted by molar-refractivity contribution is 0.127. The van der Waals surface area contributed by atoms with Gasteiger partial charge in [0, 0.05) is 5.22 Å². The van der Waals surface area contributed by atoms with Crippen LogP contribution < -0.4 is 0 Å². The third-order valence-corrected chi connectivity index (χ3v) is 14.1. The van der Waals surface area contributed by atoms with Crippen molar-refractivity contribution in [2.24, 2.45) is 0 Å². The van der Waals surface area contributed by atoms with E-state index in [9.17, 15) is 0 Å². The SMILES string of the molecule is CCCC[Si](C)(C)OC(C)[Si](C)(C)OC(C)(CC)[SiH](C)C. The van der Waals surface area contributed by atoms with Gasteiger partial charge in [0.25, 0.3) is 0 Å². The fourth-order valence-corrected chi connectivity index (χ4v) is 11.1. The summed E-state index contributed by atoms with van der Waals surface area (Å²) in [5.74, 6) is 0. The molecule has 0 aromatic rings. The standard InChI is InChI=1S/C16H40O2Si3/c1-11-13-14-20(7,8)17-15(3)21(9,10)18-16(4,12-2)19(5)6/h15,19H,11-14H2,1-10H3. The lowest BCUT2D eigenvalue weighted by Crippen LogP contribution is -2.57. The van der Waals surface area contributed by atoms with Gasteiger partial charge in [-0.2, -0.15) is 0 Å². The molecule has 2 unspecified atom stereocenters. The van der Waals surface area contributed by atoms with Gasteiger partial charge in [-0.25, -0.2) is 0 Å². The van der Waals surface area contributed by atoms with Gasteiger partial charge in [0.2, 0.25) is 8.32 Å². The topological polar surface area (TPSA) is 18.5 Å². The van der Waals surface area contributed by atoms with E-state index in [0.717, 1.165) is 6.42 Å². The molecule has 0 rings (SSSR count). The average Bonchev–Trinajstić information content (AvgIpc) is 2.35. The minimum atomic E-state index is -1.83. The first kappa shape index (κ1) is 21.6. The van der Waals surface area contributed by atoms with Gasteiger partial charge in [0.05, 0.1) is 14.5 Å². The van der Waals surface area contributed by atoms with Crippen LogP contribution in [0, 0.1) is 0 Å². The molecule has 2 nitrogen and oxygen atoms in total. The Morgan fingerprint density at radius 1 is 1.10 bits per heavy atom. The van der Waals surface area contributed by atoms with Gasteiger partial charge in [0.15, 0.2) is 8.32 Å². The van der Waals surface area contributed by atoms with Gasteiger partial charge in [-0.05, 0) is 52.5 Å². The van der Waals surface area contributed by atoms with Gasteiger partial charge < -0.3 is 8.85 Å². The van der Waals surface area contributed by atoms with Gasteiger partial charge in [0.1, 0.15) is 0 Å². The van der Waals surface area contributed by atoms with Crippen LogP contribution in [0.25, 0.3) is 0 Å². The minimum Gasteiger partial charge on any atom is -0.415 e. The Kier molecular flexibility index (Phi) is 8.66. The van der Waals surface area contributed by atoms with E-state index in [4.69, 9.17) is 8.85 Å². The molecule has 0 radical (unpaired) electrons. The Morgan fingerprint density at radius 2 is 1.62 bits per heavy atom. The minimum absolute atomic E-state index is 0.114. The summed E-state index contributed by atoms with van der Waals surface area (Å²) in [7, 11) is -4.22. The smallest absolute Gasteiger partial charge is 0.213 e. The van der Waals surface area contributed by atoms with Crippen molar-refractivity contribution in [1.82, 2.24) is 0 Å². The van der Waals surface area contributed by atoms with Crippen molar-refractivity contribution in [3.05, 3.63) is 0 Å². The van der Waals surface area contributed by atoms with E-state index in [1.165, 1.54) is 18.9 Å². The molecular weight excluding hydrogens is 308 g/mol. The molecule has 0 aliphatic carbocycles. The van der Waals surface area contributed by atoms with Crippen LogP contribution in [0.5, 0.6) is 0 Å². The van der Waals surface area contributed by atoms with Crippen molar-refractivity contribution in [2.75, 3.05) is 0 Å². The lowest BCUT2D eigenvalue weighted by Gasteiger charge is -2.44. The third kappa shape index (κ3) is 7.12. The van der Waals surface area contributed by atoms with Crippen LogP contribution in [-0.2, 0) is 8.85 Å². The number of hydrogen-bond donors (Lipinski definition) is 0. The molecule has 0 bridgehead atoms. The van der Waals surface area contributed by atoms with Crippen molar-refractivity contribution >= 4 is 25.4 Å². The van der Waals surface area contributed by atoms with Gasteiger partial charge >= 0.3 is 0 Å². The second-order valence-corrected chi connectivity index (χ2v) is 20.2. The number of unbranched alkanes of at least 4 members (excludes halogenated alkanes) is 1. The normalized spacial score (nSPS) is 17.9. The molecule has 0 amide bonds. The molecule has 0 saturated carbocycles. The first-order valence-corrected chi connectivity index (χ1v) is 17.8. The molecule has 0 heterocycles. The highest BCUT2D eigenvalue weighted by atomic mass is 28.4. The van der Waals surface area contributed by atoms with Crippen molar-refractivity contribution in [2.45, 2.75) is 103 Å². The van der Waals surface area contributed by atoms with Crippen LogP contribution in [0.15, 0.2) is 0 Å². The highest BCUT2D eigenvalue weighted by Gasteiger charge is 2.42. The first-order chi connectivity index (χ1) is 9.40. The second kappa shape index (κ2) is 8.43. The Morgan fingerprint density at radius 3 is 2.00 bits per heavy atom. The third-order valence-electron chi connectivity index (χ3n) is 5.03. The van der Waals surface area contributed by atoms with Crippen LogP contribution >= 0.6 is 0 Å². The van der Waals surface area contributed by atoms with Gasteiger partial charge in [-0.3, -0.25) is 0 Å². The monoisotopic (exact) mass is 348 g/mol. The summed E-state index contributed by atoms with van der Waals surface area (Å²) in [6.45, 7) is 23.3. The van der Waals surface area contributed by atoms with Gasteiger partial charge in [-0.1, -0.05) is 39.8 Å². The van der Waals surface area contributed by atoms with E-state index in [2.05, 4.69) is 67.0 Å². The summed E-state index contributed by atoms with van der Waals surface area (Å²) in [6.07, 6.45) is 3.68. The summed E-state index contributed by atoms with van der Waals surface area (Å²) in [5.41, 5.74) is 0.287. The molecule has 5 heteroatoms. The predicted molar refractivity (Wildman–Crippen MR) is 104 cm³/mol. The molecular formula is C16H40O2Si3. The fraction of sp³-hybridized carbons (Fsp3) is 1.00. The molecule has 0 aromatic carbocycles. The summed E-state index contributed by atoms with van der Waals surface area (Å²) in [4.78, 5) is 0. The zero-order valence-corrected chi connectivity index (χ0v) is 19.5. The lowest BCUT2D eigenvalue weighted by atomic mass is 10.3. The Hall–Kier alpha value is 0.571. The molecule has 0 N–H and O–H groups in total. The van der Waals surface area contributed by atoms with Crippen molar-refractivity contribution in [3.63, 3.8) is 0 Å². The van der Waals surface area contributed by atoms with E-state index in [1.54, 1.807) is 0 Å². The largest absolute Gasteiger partial charge is 0.415 e. The predicted octanol–water partition coefficient (Wildman–Crippen LogP) is 5.35. The van der Waals surface area contributed by atoms with E-state index in [0.29, 0.717) is 0 Å². The maximum Gasteiger partial charge on any atom is 0.213 e. The molecule has 0 aliphatic heterocycles. The highest BCUT2D eigenvalue weighted by molar-refractivity contribution is 6.76. The zero-order valence-electron chi connectivity index (χ0n) is 16.3. The molecule has 2 atom stereocenters. The molecule has 0 aliphatic rings. The summed E-state index contributed by atoms with van der Waals surface area (Å²) < 4.78 is 13.3. The quantitative estimate of drug-likeness (QED) is 0.495. The molecule has 21 heavy (non-hydrogen) atoms.